The van der Waals surface area contributed by atoms with Gasteiger partial charge in [0.25, 0.3) is 0 Å². The molecule has 0 aromatic carbocycles. The van der Waals surface area contributed by atoms with Crippen LogP contribution in [0.5, 0.6) is 5.88 Å². The van der Waals surface area contributed by atoms with Crippen molar-refractivity contribution >= 4 is 0 Å². The largest absolute Gasteiger partial charge is 0.477 e. The average molecular weight is 314 g/mol. The number of likely N-dealkylation sites (tertiary alicyclic amines) is 1. The smallest absolute Gasteiger partial charge is 0.433 e. The van der Waals surface area contributed by atoms with Crippen LogP contribution in [0.2, 0.25) is 0 Å². The molecule has 1 saturated heterocycles. The lowest BCUT2D eigenvalue weighted by molar-refractivity contribution is -0.141. The van der Waals surface area contributed by atoms with E-state index in [2.05, 4.69) is 9.88 Å². The van der Waals surface area contributed by atoms with Crippen molar-refractivity contribution in [2.24, 2.45) is 11.8 Å². The molecule has 0 atom stereocenters. The first-order valence-corrected chi connectivity index (χ1v) is 7.90. The summed E-state index contributed by atoms with van der Waals surface area (Å²) in [5, 5.41) is 0. The maximum Gasteiger partial charge on any atom is 0.433 e. The molecule has 0 unspecified atom stereocenters. The first-order valence-electron chi connectivity index (χ1n) is 7.90. The van der Waals surface area contributed by atoms with Crippen molar-refractivity contribution < 1.29 is 17.9 Å². The molecule has 1 aromatic rings. The third-order valence-electron chi connectivity index (χ3n) is 4.40. The predicted octanol–water partition coefficient (Wildman–Crippen LogP) is 3.60. The van der Waals surface area contributed by atoms with Crippen molar-refractivity contribution in [3.63, 3.8) is 0 Å². The van der Waals surface area contributed by atoms with Crippen LogP contribution in [-0.2, 0) is 6.18 Å². The second-order valence-corrected chi connectivity index (χ2v) is 6.36. The molecule has 3 rings (SSSR count). The monoisotopic (exact) mass is 314 g/mol. The van der Waals surface area contributed by atoms with Gasteiger partial charge < -0.3 is 9.64 Å². The zero-order valence-electron chi connectivity index (χ0n) is 12.5. The third kappa shape index (κ3) is 4.35. The number of aromatic nitrogens is 1. The minimum Gasteiger partial charge on any atom is -0.477 e. The van der Waals surface area contributed by atoms with E-state index in [1.54, 1.807) is 0 Å². The van der Waals surface area contributed by atoms with E-state index < -0.39 is 11.9 Å². The summed E-state index contributed by atoms with van der Waals surface area (Å²) in [6.45, 7) is 3.80. The molecule has 6 heteroatoms. The Hall–Kier alpha value is -1.30. The van der Waals surface area contributed by atoms with Crippen molar-refractivity contribution in [1.29, 1.82) is 0 Å². The van der Waals surface area contributed by atoms with Crippen LogP contribution in [0.25, 0.3) is 0 Å². The molecule has 2 aliphatic rings. The quantitative estimate of drug-likeness (QED) is 0.830. The Morgan fingerprint density at radius 1 is 1.09 bits per heavy atom. The number of halogens is 3. The average Bonchev–Trinajstić information content (AvgIpc) is 3.30. The van der Waals surface area contributed by atoms with Gasteiger partial charge in [0, 0.05) is 12.6 Å². The Kier molecular flexibility index (Phi) is 4.57. The number of alkyl halides is 3. The number of hydrogen-bond donors (Lipinski definition) is 0. The molecule has 0 bridgehead atoms. The highest BCUT2D eigenvalue weighted by atomic mass is 19.4. The first-order chi connectivity index (χ1) is 10.5. The van der Waals surface area contributed by atoms with Gasteiger partial charge in [-0.3, -0.25) is 0 Å². The fourth-order valence-electron chi connectivity index (χ4n) is 2.86. The maximum absolute atomic E-state index is 12.6. The molecule has 0 N–H and O–H groups in total. The summed E-state index contributed by atoms with van der Waals surface area (Å²) in [5.41, 5.74) is -0.899. The lowest BCUT2D eigenvalue weighted by Crippen LogP contribution is -2.36. The second kappa shape index (κ2) is 6.44. The zero-order chi connectivity index (χ0) is 15.6. The van der Waals surface area contributed by atoms with Gasteiger partial charge in [-0.1, -0.05) is 6.07 Å². The van der Waals surface area contributed by atoms with E-state index in [1.807, 2.05) is 0 Å². The van der Waals surface area contributed by atoms with Crippen molar-refractivity contribution in [1.82, 2.24) is 9.88 Å². The second-order valence-electron chi connectivity index (χ2n) is 6.36. The standard InChI is InChI=1S/C16H21F3N2O/c17-16(18,19)14-2-1-3-15(20-14)22-11-13-6-8-21(9-7-13)10-12-4-5-12/h1-3,12-13H,4-11H2. The Balaban J connectivity index is 1.45. The maximum atomic E-state index is 12.6. The van der Waals surface area contributed by atoms with E-state index in [-0.39, 0.29) is 5.88 Å². The molecule has 1 aromatic heterocycles. The SMILES string of the molecule is FC(F)(F)c1cccc(OCC2CCN(CC3CC3)CC2)n1. The number of ether oxygens (including phenoxy) is 1. The molecule has 0 spiro atoms. The van der Waals surface area contributed by atoms with Crippen molar-refractivity contribution in [3.8, 4) is 5.88 Å². The summed E-state index contributed by atoms with van der Waals surface area (Å²) in [5.74, 6) is 1.38. The van der Waals surface area contributed by atoms with Crippen LogP contribution in [0.4, 0.5) is 13.2 Å². The summed E-state index contributed by atoms with van der Waals surface area (Å²) < 4.78 is 43.3. The van der Waals surface area contributed by atoms with Crippen LogP contribution < -0.4 is 4.74 Å². The van der Waals surface area contributed by atoms with E-state index in [9.17, 15) is 13.2 Å². The summed E-state index contributed by atoms with van der Waals surface area (Å²) in [6.07, 6.45) is 0.402. The number of hydrogen-bond acceptors (Lipinski definition) is 3. The van der Waals surface area contributed by atoms with Crippen LogP contribution >= 0.6 is 0 Å². The Bertz CT molecular complexity index is 494. The molecule has 1 saturated carbocycles. The van der Waals surface area contributed by atoms with Gasteiger partial charge >= 0.3 is 6.18 Å². The molecule has 22 heavy (non-hydrogen) atoms. The lowest BCUT2D eigenvalue weighted by atomic mass is 9.97. The van der Waals surface area contributed by atoms with Crippen LogP contribution in [0.1, 0.15) is 31.4 Å². The minimum absolute atomic E-state index is 0.0650. The molecule has 122 valence electrons. The van der Waals surface area contributed by atoms with Crippen LogP contribution in [0.15, 0.2) is 18.2 Å². The molecule has 3 nitrogen and oxygen atoms in total. The normalized spacial score (nSPS) is 21.0. The molecule has 0 amide bonds. The molecule has 2 heterocycles. The van der Waals surface area contributed by atoms with Gasteiger partial charge in [-0.15, -0.1) is 0 Å². The molecular weight excluding hydrogens is 293 g/mol. The van der Waals surface area contributed by atoms with Gasteiger partial charge in [-0.05, 0) is 56.7 Å². The van der Waals surface area contributed by atoms with Crippen molar-refractivity contribution in [2.45, 2.75) is 31.9 Å². The van der Waals surface area contributed by atoms with Crippen molar-refractivity contribution in [3.05, 3.63) is 23.9 Å². The summed E-state index contributed by atoms with van der Waals surface area (Å²) in [6, 6.07) is 3.78. The van der Waals surface area contributed by atoms with Gasteiger partial charge in [-0.25, -0.2) is 4.98 Å². The van der Waals surface area contributed by atoms with E-state index in [4.69, 9.17) is 4.74 Å². The molecule has 2 fully saturated rings. The van der Waals surface area contributed by atoms with Gasteiger partial charge in [0.2, 0.25) is 5.88 Å². The Morgan fingerprint density at radius 2 is 1.82 bits per heavy atom. The van der Waals surface area contributed by atoms with Gasteiger partial charge in [0.15, 0.2) is 0 Å². The minimum atomic E-state index is -4.42. The zero-order valence-corrected chi connectivity index (χ0v) is 12.5. The van der Waals surface area contributed by atoms with E-state index in [0.29, 0.717) is 12.5 Å². The summed E-state index contributed by atoms with van der Waals surface area (Å²) in [7, 11) is 0. The Morgan fingerprint density at radius 3 is 2.45 bits per heavy atom. The van der Waals surface area contributed by atoms with Crippen molar-refractivity contribution in [2.75, 3.05) is 26.2 Å². The van der Waals surface area contributed by atoms with E-state index in [0.717, 1.165) is 37.9 Å². The Labute approximate surface area is 128 Å². The number of nitrogens with zero attached hydrogens (tertiary/aromatic N) is 2. The van der Waals surface area contributed by atoms with Gasteiger partial charge in [0.05, 0.1) is 6.61 Å². The van der Waals surface area contributed by atoms with Crippen LogP contribution in [0, 0.1) is 11.8 Å². The van der Waals surface area contributed by atoms with Gasteiger partial charge in [-0.2, -0.15) is 13.2 Å². The highest BCUT2D eigenvalue weighted by Gasteiger charge is 2.32. The molecular formula is C16H21F3N2O. The summed E-state index contributed by atoms with van der Waals surface area (Å²) in [4.78, 5) is 6.03. The van der Waals surface area contributed by atoms with E-state index in [1.165, 1.54) is 31.5 Å². The predicted molar refractivity (Wildman–Crippen MR) is 76.6 cm³/mol. The van der Waals surface area contributed by atoms with Crippen LogP contribution in [-0.4, -0.2) is 36.1 Å². The fourth-order valence-corrected chi connectivity index (χ4v) is 2.86. The highest BCUT2D eigenvalue weighted by molar-refractivity contribution is 5.17. The first kappa shape index (κ1) is 15.6. The molecule has 1 aliphatic heterocycles. The topological polar surface area (TPSA) is 25.4 Å². The highest BCUT2D eigenvalue weighted by Crippen LogP contribution is 2.31. The van der Waals surface area contributed by atoms with Crippen LogP contribution in [0.3, 0.4) is 0 Å². The molecule has 1 aliphatic carbocycles. The number of pyridine rings is 1. The third-order valence-corrected chi connectivity index (χ3v) is 4.40. The van der Waals surface area contributed by atoms with Gasteiger partial charge in [0.1, 0.15) is 5.69 Å². The lowest BCUT2D eigenvalue weighted by Gasteiger charge is -2.31. The molecule has 0 radical (unpaired) electrons. The number of piperidine rings is 1. The van der Waals surface area contributed by atoms with E-state index >= 15 is 0 Å². The number of rotatable bonds is 5. The fraction of sp³-hybridized carbons (Fsp3) is 0.688. The summed E-state index contributed by atoms with van der Waals surface area (Å²) >= 11 is 0.